The van der Waals surface area contributed by atoms with Gasteiger partial charge in [-0.15, -0.1) is 0 Å². The standard InChI is InChI=1S/C14H14BrClN2O2S/c15-12-9-13(14(16)17-10-12)21(19,20)18-8-4-7-11-5-2-1-3-6-11/h1-3,5-6,9-10,18H,4,7-8H2. The van der Waals surface area contributed by atoms with E-state index < -0.39 is 10.0 Å². The Morgan fingerprint density at radius 3 is 2.67 bits per heavy atom. The van der Waals surface area contributed by atoms with Crippen molar-refractivity contribution in [2.45, 2.75) is 17.7 Å². The second kappa shape index (κ2) is 7.35. The molecule has 4 nitrogen and oxygen atoms in total. The van der Waals surface area contributed by atoms with Gasteiger partial charge in [0.1, 0.15) is 10.0 Å². The van der Waals surface area contributed by atoms with E-state index in [1.807, 2.05) is 30.3 Å². The number of nitrogens with zero attached hydrogens (tertiary/aromatic N) is 1. The Balaban J connectivity index is 1.94. The maximum Gasteiger partial charge on any atom is 0.243 e. The van der Waals surface area contributed by atoms with Crippen molar-refractivity contribution in [2.75, 3.05) is 6.54 Å². The SMILES string of the molecule is O=S(=O)(NCCCc1ccccc1)c1cc(Br)cnc1Cl. The molecule has 0 aliphatic carbocycles. The van der Waals surface area contributed by atoms with Gasteiger partial charge in [-0.25, -0.2) is 18.1 Å². The molecular formula is C14H14BrClN2O2S. The molecule has 7 heteroatoms. The normalized spacial score (nSPS) is 11.5. The monoisotopic (exact) mass is 388 g/mol. The van der Waals surface area contributed by atoms with Crippen molar-refractivity contribution in [2.24, 2.45) is 0 Å². The number of hydrogen-bond donors (Lipinski definition) is 1. The highest BCUT2D eigenvalue weighted by Crippen LogP contribution is 2.22. The summed E-state index contributed by atoms with van der Waals surface area (Å²) in [5, 5.41) is -0.0336. The van der Waals surface area contributed by atoms with Gasteiger partial charge in [-0.1, -0.05) is 41.9 Å². The Morgan fingerprint density at radius 1 is 1.24 bits per heavy atom. The minimum Gasteiger partial charge on any atom is -0.242 e. The molecule has 1 heterocycles. The second-order valence-corrected chi connectivity index (χ2v) is 7.44. The molecule has 2 rings (SSSR count). The van der Waals surface area contributed by atoms with E-state index in [-0.39, 0.29) is 10.0 Å². The third-order valence-electron chi connectivity index (χ3n) is 2.84. The molecule has 0 amide bonds. The molecule has 0 saturated carbocycles. The van der Waals surface area contributed by atoms with Crippen LogP contribution in [0, 0.1) is 0 Å². The molecule has 0 unspecified atom stereocenters. The van der Waals surface area contributed by atoms with Crippen molar-refractivity contribution in [3.8, 4) is 0 Å². The molecule has 0 fully saturated rings. The second-order valence-electron chi connectivity index (χ2n) is 4.43. The molecule has 2 aromatic rings. The zero-order valence-corrected chi connectivity index (χ0v) is 14.2. The van der Waals surface area contributed by atoms with Crippen molar-refractivity contribution >= 4 is 37.6 Å². The number of aryl methyl sites for hydroxylation is 1. The zero-order valence-electron chi connectivity index (χ0n) is 11.1. The lowest BCUT2D eigenvalue weighted by molar-refractivity contribution is 0.578. The van der Waals surface area contributed by atoms with E-state index in [1.54, 1.807) is 0 Å². The van der Waals surface area contributed by atoms with Gasteiger partial charge in [-0.3, -0.25) is 0 Å². The molecule has 1 aromatic carbocycles. The van der Waals surface area contributed by atoms with Crippen LogP contribution in [0.15, 0.2) is 52.0 Å². The van der Waals surface area contributed by atoms with E-state index in [4.69, 9.17) is 11.6 Å². The van der Waals surface area contributed by atoms with Crippen molar-refractivity contribution in [3.05, 3.63) is 57.8 Å². The first-order valence-corrected chi connectivity index (χ1v) is 8.99. The van der Waals surface area contributed by atoms with Crippen molar-refractivity contribution in [1.29, 1.82) is 0 Å². The van der Waals surface area contributed by atoms with Crippen LogP contribution in [0.2, 0.25) is 5.15 Å². The van der Waals surface area contributed by atoms with Crippen LogP contribution in [-0.2, 0) is 16.4 Å². The van der Waals surface area contributed by atoms with Crippen molar-refractivity contribution < 1.29 is 8.42 Å². The number of aromatic nitrogens is 1. The molecule has 0 aliphatic rings. The Morgan fingerprint density at radius 2 is 1.95 bits per heavy atom. The highest BCUT2D eigenvalue weighted by molar-refractivity contribution is 9.10. The van der Waals surface area contributed by atoms with Gasteiger partial charge in [0.25, 0.3) is 0 Å². The van der Waals surface area contributed by atoms with E-state index in [9.17, 15) is 8.42 Å². The molecule has 0 spiro atoms. The van der Waals surface area contributed by atoms with Gasteiger partial charge in [0.05, 0.1) is 0 Å². The van der Waals surface area contributed by atoms with Gasteiger partial charge >= 0.3 is 0 Å². The Bertz CT molecular complexity index is 708. The summed E-state index contributed by atoms with van der Waals surface area (Å²) < 4.78 is 27.4. The lowest BCUT2D eigenvalue weighted by atomic mass is 10.1. The largest absolute Gasteiger partial charge is 0.243 e. The summed E-state index contributed by atoms with van der Waals surface area (Å²) in [4.78, 5) is 3.80. The predicted molar refractivity (Wildman–Crippen MR) is 86.9 cm³/mol. The summed E-state index contributed by atoms with van der Waals surface area (Å²) in [5.74, 6) is 0. The van der Waals surface area contributed by atoms with E-state index in [2.05, 4.69) is 25.6 Å². The number of rotatable bonds is 6. The maximum atomic E-state index is 12.2. The van der Waals surface area contributed by atoms with Crippen LogP contribution in [0.3, 0.4) is 0 Å². The summed E-state index contributed by atoms with van der Waals surface area (Å²) in [5.41, 5.74) is 1.18. The van der Waals surface area contributed by atoms with Crippen molar-refractivity contribution in [1.82, 2.24) is 9.71 Å². The number of benzene rings is 1. The van der Waals surface area contributed by atoms with E-state index in [0.717, 1.165) is 6.42 Å². The summed E-state index contributed by atoms with van der Waals surface area (Å²) in [6, 6.07) is 11.4. The lowest BCUT2D eigenvalue weighted by Crippen LogP contribution is -2.25. The summed E-state index contributed by atoms with van der Waals surface area (Å²) in [6.07, 6.45) is 2.98. The van der Waals surface area contributed by atoms with Crippen LogP contribution in [0.4, 0.5) is 0 Å². The topological polar surface area (TPSA) is 59.1 Å². The third-order valence-corrected chi connectivity index (χ3v) is 5.16. The minimum atomic E-state index is -3.64. The van der Waals surface area contributed by atoms with Gasteiger partial charge in [0.15, 0.2) is 0 Å². The molecule has 21 heavy (non-hydrogen) atoms. The Labute approximate surface area is 137 Å². The molecule has 112 valence electrons. The zero-order chi connectivity index (χ0) is 15.3. The smallest absolute Gasteiger partial charge is 0.242 e. The number of hydrogen-bond acceptors (Lipinski definition) is 3. The molecule has 0 bridgehead atoms. The number of halogens is 2. The summed E-state index contributed by atoms with van der Waals surface area (Å²) in [6.45, 7) is 0.347. The minimum absolute atomic E-state index is 0.0155. The maximum absolute atomic E-state index is 12.2. The third kappa shape index (κ3) is 4.78. The fourth-order valence-corrected chi connectivity index (χ4v) is 3.83. The van der Waals surface area contributed by atoms with E-state index in [1.165, 1.54) is 17.8 Å². The Kier molecular flexibility index (Phi) is 5.75. The van der Waals surface area contributed by atoms with E-state index >= 15 is 0 Å². The molecular weight excluding hydrogens is 376 g/mol. The number of sulfonamides is 1. The lowest BCUT2D eigenvalue weighted by Gasteiger charge is -2.08. The van der Waals surface area contributed by atoms with Crippen LogP contribution in [0.1, 0.15) is 12.0 Å². The van der Waals surface area contributed by atoms with Crippen LogP contribution in [-0.4, -0.2) is 19.9 Å². The van der Waals surface area contributed by atoms with E-state index in [0.29, 0.717) is 17.4 Å². The predicted octanol–water partition coefficient (Wildman–Crippen LogP) is 3.41. The number of nitrogens with one attached hydrogen (secondary N) is 1. The average molecular weight is 390 g/mol. The van der Waals surface area contributed by atoms with Gasteiger partial charge < -0.3 is 0 Å². The first kappa shape index (κ1) is 16.4. The highest BCUT2D eigenvalue weighted by atomic mass is 79.9. The first-order valence-electron chi connectivity index (χ1n) is 6.34. The van der Waals surface area contributed by atoms with Crippen LogP contribution in [0.5, 0.6) is 0 Å². The van der Waals surface area contributed by atoms with Gasteiger partial charge in [-0.05, 0) is 40.4 Å². The molecule has 1 aromatic heterocycles. The highest BCUT2D eigenvalue weighted by Gasteiger charge is 2.18. The molecule has 0 aliphatic heterocycles. The fourth-order valence-electron chi connectivity index (χ4n) is 1.81. The van der Waals surface area contributed by atoms with Gasteiger partial charge in [0.2, 0.25) is 10.0 Å². The Hall–Kier alpha value is -0.950. The fraction of sp³-hybridized carbons (Fsp3) is 0.214. The molecule has 0 saturated heterocycles. The van der Waals surface area contributed by atoms with Crippen LogP contribution < -0.4 is 4.72 Å². The molecule has 0 radical (unpaired) electrons. The first-order chi connectivity index (χ1) is 9.99. The average Bonchev–Trinajstić information content (AvgIpc) is 2.47. The molecule has 0 atom stereocenters. The van der Waals surface area contributed by atoms with Crippen LogP contribution >= 0.6 is 27.5 Å². The van der Waals surface area contributed by atoms with Gasteiger partial charge in [0, 0.05) is 17.2 Å². The number of pyridine rings is 1. The van der Waals surface area contributed by atoms with Crippen LogP contribution in [0.25, 0.3) is 0 Å². The summed E-state index contributed by atoms with van der Waals surface area (Å²) in [7, 11) is -3.64. The van der Waals surface area contributed by atoms with Gasteiger partial charge in [-0.2, -0.15) is 0 Å². The van der Waals surface area contributed by atoms with Crippen molar-refractivity contribution in [3.63, 3.8) is 0 Å². The quantitative estimate of drug-likeness (QED) is 0.608. The summed E-state index contributed by atoms with van der Waals surface area (Å²) >= 11 is 9.03. The molecule has 1 N–H and O–H groups in total.